The fourth-order valence-corrected chi connectivity index (χ4v) is 3.38. The Balaban J connectivity index is 1.89. The smallest absolute Gasteiger partial charge is 0.160 e. The number of benzene rings is 2. The Kier molecular flexibility index (Phi) is 4.02. The summed E-state index contributed by atoms with van der Waals surface area (Å²) in [5.74, 6) is 0.882. The lowest BCUT2D eigenvalue weighted by atomic mass is 10.1. The average molecular weight is 293 g/mol. The van der Waals surface area contributed by atoms with Gasteiger partial charge >= 0.3 is 0 Å². The standard InChI is InChI=1S/C18H15NOS/c1-13(20)16-9-3-2-6-15(16)12-21-17-10-4-7-14-8-5-11-19-18(14)17/h2-11H,12H2,1H3. The SMILES string of the molecule is CC(=O)c1ccccc1CSc1cccc2cccnc12. The highest BCUT2D eigenvalue weighted by molar-refractivity contribution is 7.98. The lowest BCUT2D eigenvalue weighted by Crippen LogP contribution is -1.97. The van der Waals surface area contributed by atoms with Crippen molar-refractivity contribution in [1.82, 2.24) is 4.98 Å². The number of hydrogen-bond acceptors (Lipinski definition) is 3. The van der Waals surface area contributed by atoms with Crippen molar-refractivity contribution in [2.24, 2.45) is 0 Å². The molecule has 0 N–H and O–H groups in total. The Morgan fingerprint density at radius 3 is 2.71 bits per heavy atom. The van der Waals surface area contributed by atoms with Crippen LogP contribution in [-0.4, -0.2) is 10.8 Å². The van der Waals surface area contributed by atoms with Crippen molar-refractivity contribution < 1.29 is 4.79 Å². The third-order valence-corrected chi connectivity index (χ3v) is 4.47. The fourth-order valence-electron chi connectivity index (χ4n) is 2.34. The first-order valence-electron chi connectivity index (χ1n) is 6.81. The summed E-state index contributed by atoms with van der Waals surface area (Å²) in [4.78, 5) is 17.3. The van der Waals surface area contributed by atoms with Crippen molar-refractivity contribution in [2.45, 2.75) is 17.6 Å². The summed E-state index contributed by atoms with van der Waals surface area (Å²) >= 11 is 1.72. The number of carbonyl (C=O) groups is 1. The van der Waals surface area contributed by atoms with Gasteiger partial charge in [0.05, 0.1) is 5.52 Å². The predicted octanol–water partition coefficient (Wildman–Crippen LogP) is 4.73. The number of aromatic nitrogens is 1. The largest absolute Gasteiger partial charge is 0.295 e. The Labute approximate surface area is 128 Å². The van der Waals surface area contributed by atoms with Gasteiger partial charge in [-0.15, -0.1) is 11.8 Å². The summed E-state index contributed by atoms with van der Waals surface area (Å²) in [7, 11) is 0. The van der Waals surface area contributed by atoms with Crippen LogP contribution in [0.1, 0.15) is 22.8 Å². The molecule has 3 rings (SSSR count). The first-order valence-corrected chi connectivity index (χ1v) is 7.79. The third-order valence-electron chi connectivity index (χ3n) is 3.38. The van der Waals surface area contributed by atoms with Crippen molar-refractivity contribution in [3.63, 3.8) is 0 Å². The van der Waals surface area contributed by atoms with Crippen molar-refractivity contribution in [1.29, 1.82) is 0 Å². The number of ketones is 1. The van der Waals surface area contributed by atoms with Crippen LogP contribution in [0.4, 0.5) is 0 Å². The Morgan fingerprint density at radius 1 is 1.05 bits per heavy atom. The van der Waals surface area contributed by atoms with Crippen LogP contribution in [0.2, 0.25) is 0 Å². The van der Waals surface area contributed by atoms with E-state index < -0.39 is 0 Å². The number of para-hydroxylation sites is 1. The second-order valence-electron chi connectivity index (χ2n) is 4.83. The quantitative estimate of drug-likeness (QED) is 0.514. The van der Waals surface area contributed by atoms with Gasteiger partial charge in [-0.25, -0.2) is 0 Å². The molecule has 0 aliphatic rings. The van der Waals surface area contributed by atoms with Crippen molar-refractivity contribution in [3.05, 3.63) is 71.9 Å². The Hall–Kier alpha value is -2.13. The molecule has 1 heterocycles. The van der Waals surface area contributed by atoms with E-state index in [2.05, 4.69) is 23.2 Å². The molecule has 0 radical (unpaired) electrons. The third kappa shape index (κ3) is 2.98. The van der Waals surface area contributed by atoms with Crippen LogP contribution < -0.4 is 0 Å². The van der Waals surface area contributed by atoms with Crippen molar-refractivity contribution >= 4 is 28.4 Å². The molecule has 0 saturated carbocycles. The van der Waals surface area contributed by atoms with Gasteiger partial charge in [0.1, 0.15) is 0 Å². The molecule has 0 aliphatic heterocycles. The lowest BCUT2D eigenvalue weighted by molar-refractivity contribution is 0.101. The highest BCUT2D eigenvalue weighted by atomic mass is 32.2. The summed E-state index contributed by atoms with van der Waals surface area (Å²) in [5, 5.41) is 1.14. The normalized spacial score (nSPS) is 10.7. The van der Waals surface area contributed by atoms with E-state index in [1.165, 1.54) is 0 Å². The molecule has 21 heavy (non-hydrogen) atoms. The first-order chi connectivity index (χ1) is 10.3. The molecule has 2 nitrogen and oxygen atoms in total. The molecule has 2 aromatic carbocycles. The molecule has 3 heteroatoms. The minimum absolute atomic E-state index is 0.113. The molecule has 0 amide bonds. The predicted molar refractivity (Wildman–Crippen MR) is 87.8 cm³/mol. The molecular formula is C18H15NOS. The van der Waals surface area contributed by atoms with Crippen LogP contribution in [0.25, 0.3) is 10.9 Å². The second kappa shape index (κ2) is 6.10. The Bertz CT molecular complexity index is 793. The monoisotopic (exact) mass is 293 g/mol. The molecular weight excluding hydrogens is 278 g/mol. The van der Waals surface area contributed by atoms with Crippen LogP contribution in [0.5, 0.6) is 0 Å². The van der Waals surface area contributed by atoms with Crippen LogP contribution in [0.15, 0.2) is 65.7 Å². The van der Waals surface area contributed by atoms with E-state index in [0.29, 0.717) is 0 Å². The van der Waals surface area contributed by atoms with E-state index in [0.717, 1.165) is 32.7 Å². The number of rotatable bonds is 4. The van der Waals surface area contributed by atoms with E-state index >= 15 is 0 Å². The molecule has 0 atom stereocenters. The first kappa shape index (κ1) is 13.8. The molecule has 0 aliphatic carbocycles. The van der Waals surface area contributed by atoms with Crippen LogP contribution in [0.3, 0.4) is 0 Å². The van der Waals surface area contributed by atoms with Crippen molar-refractivity contribution in [2.75, 3.05) is 0 Å². The second-order valence-corrected chi connectivity index (χ2v) is 5.85. The zero-order valence-corrected chi connectivity index (χ0v) is 12.6. The van der Waals surface area contributed by atoms with Gasteiger partial charge in [-0.05, 0) is 24.6 Å². The molecule has 0 spiro atoms. The van der Waals surface area contributed by atoms with Gasteiger partial charge in [0.25, 0.3) is 0 Å². The molecule has 3 aromatic rings. The van der Waals surface area contributed by atoms with Gasteiger partial charge in [0.15, 0.2) is 5.78 Å². The summed E-state index contributed by atoms with van der Waals surface area (Å²) in [6.07, 6.45) is 1.82. The maximum Gasteiger partial charge on any atom is 0.160 e. The van der Waals surface area contributed by atoms with Gasteiger partial charge in [-0.1, -0.05) is 42.5 Å². The maximum absolute atomic E-state index is 11.7. The molecule has 0 saturated heterocycles. The van der Waals surface area contributed by atoms with Crippen LogP contribution in [0, 0.1) is 0 Å². The summed E-state index contributed by atoms with van der Waals surface area (Å²) < 4.78 is 0. The van der Waals surface area contributed by atoms with Gasteiger partial charge < -0.3 is 0 Å². The van der Waals surface area contributed by atoms with Gasteiger partial charge in [0.2, 0.25) is 0 Å². The number of nitrogens with zero attached hydrogens (tertiary/aromatic N) is 1. The highest BCUT2D eigenvalue weighted by Crippen LogP contribution is 2.29. The van der Waals surface area contributed by atoms with Crippen LogP contribution in [-0.2, 0) is 5.75 Å². The average Bonchev–Trinajstić information content (AvgIpc) is 2.53. The molecule has 0 unspecified atom stereocenters. The minimum Gasteiger partial charge on any atom is -0.295 e. The highest BCUT2D eigenvalue weighted by Gasteiger charge is 2.08. The maximum atomic E-state index is 11.7. The van der Waals surface area contributed by atoms with E-state index in [4.69, 9.17) is 0 Å². The zero-order valence-electron chi connectivity index (χ0n) is 11.7. The number of Topliss-reactive ketones (excluding diaryl/α,β-unsaturated/α-hetero) is 1. The zero-order chi connectivity index (χ0) is 14.7. The number of hydrogen-bond donors (Lipinski definition) is 0. The minimum atomic E-state index is 0.113. The number of thioether (sulfide) groups is 1. The molecule has 104 valence electrons. The van der Waals surface area contributed by atoms with Gasteiger partial charge in [-0.3, -0.25) is 9.78 Å². The topological polar surface area (TPSA) is 30.0 Å². The van der Waals surface area contributed by atoms with Gasteiger partial charge in [-0.2, -0.15) is 0 Å². The molecule has 0 fully saturated rings. The van der Waals surface area contributed by atoms with Gasteiger partial charge in [0, 0.05) is 27.8 Å². The Morgan fingerprint density at radius 2 is 1.86 bits per heavy atom. The lowest BCUT2D eigenvalue weighted by Gasteiger charge is -2.08. The van der Waals surface area contributed by atoms with E-state index in [9.17, 15) is 4.79 Å². The molecule has 0 bridgehead atoms. The summed E-state index contributed by atoms with van der Waals surface area (Å²) in [5.41, 5.74) is 2.89. The van der Waals surface area contributed by atoms with Crippen LogP contribution >= 0.6 is 11.8 Å². The number of carbonyl (C=O) groups excluding carboxylic acids is 1. The van der Waals surface area contributed by atoms with E-state index in [-0.39, 0.29) is 5.78 Å². The van der Waals surface area contributed by atoms with E-state index in [1.807, 2.05) is 42.6 Å². The fraction of sp³-hybridized carbons (Fsp3) is 0.111. The number of pyridine rings is 1. The summed E-state index contributed by atoms with van der Waals surface area (Å²) in [6.45, 7) is 1.61. The summed E-state index contributed by atoms with van der Waals surface area (Å²) in [6, 6.07) is 18.0. The molecule has 1 aromatic heterocycles. The number of fused-ring (bicyclic) bond motifs is 1. The van der Waals surface area contributed by atoms with Crippen molar-refractivity contribution in [3.8, 4) is 0 Å². The van der Waals surface area contributed by atoms with E-state index in [1.54, 1.807) is 18.7 Å².